The Hall–Kier alpha value is -4.10. The summed E-state index contributed by atoms with van der Waals surface area (Å²) in [5, 5.41) is 10.3. The fraction of sp³-hybridized carbons (Fsp3) is 0.146. The first-order valence-electron chi connectivity index (χ1n) is 15.4. The average molecular weight is 602 g/mol. The Morgan fingerprint density at radius 1 is 0.500 bits per heavy atom. The molecule has 2 aliphatic heterocycles. The molecule has 2 aliphatic rings. The van der Waals surface area contributed by atoms with Crippen LogP contribution < -0.4 is 15.9 Å². The Morgan fingerprint density at radius 2 is 0.955 bits per heavy atom. The molecule has 0 spiro atoms. The molecular formula is C41H32NPS. The average Bonchev–Trinajstić information content (AvgIpc) is 3.05. The van der Waals surface area contributed by atoms with Crippen LogP contribution in [0.4, 0.5) is 0 Å². The van der Waals surface area contributed by atoms with Gasteiger partial charge in [-0.3, -0.25) is 0 Å². The van der Waals surface area contributed by atoms with Crippen LogP contribution in [0, 0.1) is 0 Å². The van der Waals surface area contributed by atoms with Crippen molar-refractivity contribution >= 4 is 66.2 Å². The van der Waals surface area contributed by atoms with Gasteiger partial charge >= 0.3 is 0 Å². The zero-order valence-electron chi connectivity index (χ0n) is 25.3. The van der Waals surface area contributed by atoms with Crippen molar-refractivity contribution in [1.29, 1.82) is 0 Å². The highest BCUT2D eigenvalue weighted by atomic mass is 32.4. The molecule has 0 atom stereocenters. The van der Waals surface area contributed by atoms with Gasteiger partial charge in [0.25, 0.3) is 0 Å². The molecule has 3 heterocycles. The van der Waals surface area contributed by atoms with E-state index in [0.29, 0.717) is 0 Å². The Kier molecular flexibility index (Phi) is 5.23. The summed E-state index contributed by atoms with van der Waals surface area (Å²) in [5.41, 5.74) is 8.17. The lowest BCUT2D eigenvalue weighted by atomic mass is 9.71. The van der Waals surface area contributed by atoms with Gasteiger partial charge in [0, 0.05) is 33.1 Å². The van der Waals surface area contributed by atoms with Gasteiger partial charge in [-0.05, 0) is 103 Å². The second-order valence-electron chi connectivity index (χ2n) is 13.6. The summed E-state index contributed by atoms with van der Waals surface area (Å²) in [6.07, 6.45) is 0. The Balaban J connectivity index is 1.45. The molecule has 0 N–H and O–H groups in total. The van der Waals surface area contributed by atoms with Crippen LogP contribution in [0.2, 0.25) is 0 Å². The van der Waals surface area contributed by atoms with Crippen LogP contribution >= 0.6 is 6.04 Å². The van der Waals surface area contributed by atoms with Crippen molar-refractivity contribution in [3.63, 3.8) is 0 Å². The van der Waals surface area contributed by atoms with E-state index >= 15 is 0 Å². The molecule has 0 aliphatic carbocycles. The van der Waals surface area contributed by atoms with E-state index in [1.807, 2.05) is 0 Å². The number of benzene rings is 6. The third kappa shape index (κ3) is 3.36. The molecule has 212 valence electrons. The third-order valence-electron chi connectivity index (χ3n) is 10.4. The second-order valence-corrected chi connectivity index (χ2v) is 17.9. The van der Waals surface area contributed by atoms with Crippen molar-refractivity contribution in [2.75, 3.05) is 0 Å². The molecule has 0 unspecified atom stereocenters. The fourth-order valence-electron chi connectivity index (χ4n) is 7.94. The first-order valence-corrected chi connectivity index (χ1v) is 18.2. The number of pyridine rings is 1. The molecule has 6 aromatic carbocycles. The van der Waals surface area contributed by atoms with Crippen molar-refractivity contribution < 1.29 is 0 Å². The number of nitrogens with zero attached hydrogens (tertiary/aromatic N) is 1. The number of hydrogen-bond donors (Lipinski definition) is 0. The van der Waals surface area contributed by atoms with Crippen molar-refractivity contribution in [3.8, 4) is 11.3 Å². The Bertz CT molecular complexity index is 2310. The lowest BCUT2D eigenvalue weighted by Gasteiger charge is -2.49. The van der Waals surface area contributed by atoms with E-state index in [0.717, 1.165) is 16.6 Å². The summed E-state index contributed by atoms with van der Waals surface area (Å²) in [4.78, 5) is 5.17. The topological polar surface area (TPSA) is 12.9 Å². The lowest BCUT2D eigenvalue weighted by Crippen LogP contribution is -2.50. The van der Waals surface area contributed by atoms with Crippen LogP contribution in [0.3, 0.4) is 0 Å². The summed E-state index contributed by atoms with van der Waals surface area (Å²) in [6, 6.07) is 42.5. The highest BCUT2D eigenvalue weighted by Gasteiger charge is 2.50. The molecule has 44 heavy (non-hydrogen) atoms. The number of rotatable bonds is 1. The minimum absolute atomic E-state index is 0.233. The van der Waals surface area contributed by atoms with Gasteiger partial charge in [0.05, 0.1) is 11.2 Å². The first-order chi connectivity index (χ1) is 21.2. The molecule has 0 fully saturated rings. The van der Waals surface area contributed by atoms with Crippen LogP contribution in [0.1, 0.15) is 49.9 Å². The monoisotopic (exact) mass is 601 g/mol. The molecule has 0 saturated heterocycles. The molecule has 3 heteroatoms. The van der Waals surface area contributed by atoms with E-state index in [-0.39, 0.29) is 10.8 Å². The minimum atomic E-state index is -2.42. The maximum Gasteiger partial charge on any atom is 0.0709 e. The number of fused-ring (bicyclic) bond motifs is 7. The van der Waals surface area contributed by atoms with Gasteiger partial charge in [-0.2, -0.15) is 0 Å². The molecule has 0 bridgehead atoms. The summed E-state index contributed by atoms with van der Waals surface area (Å²) < 4.78 is 0. The van der Waals surface area contributed by atoms with Crippen LogP contribution in [0.5, 0.6) is 0 Å². The highest BCUT2D eigenvalue weighted by molar-refractivity contribution is 8.25. The molecule has 1 nitrogen and oxygen atoms in total. The molecule has 9 rings (SSSR count). The fourth-order valence-corrected chi connectivity index (χ4v) is 13.6. The lowest BCUT2D eigenvalue weighted by molar-refractivity contribution is 0.625. The molecular weight excluding hydrogens is 569 g/mol. The zero-order valence-corrected chi connectivity index (χ0v) is 27.1. The maximum absolute atomic E-state index is 7.21. The molecule has 0 saturated carbocycles. The Morgan fingerprint density at radius 3 is 1.48 bits per heavy atom. The van der Waals surface area contributed by atoms with E-state index in [4.69, 9.17) is 16.8 Å². The molecule has 1 aromatic heterocycles. The van der Waals surface area contributed by atoms with Gasteiger partial charge in [0.15, 0.2) is 0 Å². The van der Waals surface area contributed by atoms with Gasteiger partial charge < -0.3 is 0 Å². The Labute approximate surface area is 263 Å². The summed E-state index contributed by atoms with van der Waals surface area (Å²) in [7, 11) is 0. The van der Waals surface area contributed by atoms with Gasteiger partial charge in [-0.15, -0.1) is 0 Å². The number of aromatic nitrogens is 1. The normalized spacial score (nSPS) is 16.8. The van der Waals surface area contributed by atoms with Crippen LogP contribution in [-0.4, -0.2) is 4.98 Å². The predicted molar refractivity (Wildman–Crippen MR) is 193 cm³/mol. The molecule has 7 aromatic rings. The van der Waals surface area contributed by atoms with E-state index in [1.165, 1.54) is 65.3 Å². The SMILES string of the molecule is CC1(C)c2cc3ccccc3cc2P2(=S)c3cc4ccccc4cc3C(C)(C)c3cc(-c4ccc5ccccc5n4)cc1c32. The van der Waals surface area contributed by atoms with E-state index < -0.39 is 6.04 Å². The van der Waals surface area contributed by atoms with Crippen LogP contribution in [0.15, 0.2) is 121 Å². The summed E-state index contributed by atoms with van der Waals surface area (Å²) in [5.74, 6) is 0. The summed E-state index contributed by atoms with van der Waals surface area (Å²) in [6.45, 7) is 9.59. The smallest absolute Gasteiger partial charge is 0.0709 e. The quantitative estimate of drug-likeness (QED) is 0.174. The second kappa shape index (κ2) is 8.75. The zero-order chi connectivity index (χ0) is 30.0. The first kappa shape index (κ1) is 26.3. The van der Waals surface area contributed by atoms with Gasteiger partial charge in [-0.25, -0.2) is 4.98 Å². The maximum atomic E-state index is 7.21. The molecule has 0 amide bonds. The number of para-hydroxylation sites is 1. The third-order valence-corrected chi connectivity index (χ3v) is 15.4. The van der Waals surface area contributed by atoms with E-state index in [1.54, 1.807) is 0 Å². The highest BCUT2D eigenvalue weighted by Crippen LogP contribution is 2.60. The van der Waals surface area contributed by atoms with E-state index in [2.05, 4.69) is 149 Å². The predicted octanol–water partition coefficient (Wildman–Crippen LogP) is 9.24. The van der Waals surface area contributed by atoms with E-state index in [9.17, 15) is 0 Å². The minimum Gasteiger partial charge on any atom is -0.248 e. The standard InChI is InChI=1S/C41H32NPS/c1-40(2)31-19-26-12-5-7-14-28(26)23-37(31)43(44)38-24-29-15-8-6-13-27(29)20-32(38)41(3,4)34-22-30(21-33(40)39(34)43)36-18-17-25-11-9-10-16-35(25)42-36/h5-24H,1-4H3. The van der Waals surface area contributed by atoms with Crippen LogP contribution in [0.25, 0.3) is 43.7 Å². The van der Waals surface area contributed by atoms with Crippen molar-refractivity contribution in [2.45, 2.75) is 38.5 Å². The molecule has 0 radical (unpaired) electrons. The van der Waals surface area contributed by atoms with Gasteiger partial charge in [-0.1, -0.05) is 112 Å². The summed E-state index contributed by atoms with van der Waals surface area (Å²) >= 11 is 7.21. The van der Waals surface area contributed by atoms with Crippen molar-refractivity contribution in [2.24, 2.45) is 0 Å². The van der Waals surface area contributed by atoms with Gasteiger partial charge in [0.2, 0.25) is 0 Å². The van der Waals surface area contributed by atoms with Gasteiger partial charge in [0.1, 0.15) is 0 Å². The van der Waals surface area contributed by atoms with Crippen molar-refractivity contribution in [1.82, 2.24) is 4.98 Å². The van der Waals surface area contributed by atoms with Crippen LogP contribution in [-0.2, 0) is 22.6 Å². The van der Waals surface area contributed by atoms with Crippen molar-refractivity contribution in [3.05, 3.63) is 144 Å². The largest absolute Gasteiger partial charge is 0.248 e. The number of hydrogen-bond acceptors (Lipinski definition) is 2.